The van der Waals surface area contributed by atoms with Gasteiger partial charge in [0.15, 0.2) is 0 Å². The Kier molecular flexibility index (Phi) is 6.85. The molecule has 0 spiro atoms. The number of carbonyl (C=O) groups is 1. The smallest absolute Gasteiger partial charge is 0.236 e. The highest BCUT2D eigenvalue weighted by Crippen LogP contribution is 2.10. The number of aryl methyl sites for hydroxylation is 1. The highest BCUT2D eigenvalue weighted by molar-refractivity contribution is 5.77. The highest BCUT2D eigenvalue weighted by atomic mass is 16.3. The zero-order chi connectivity index (χ0) is 19.1. The molecule has 5 heteroatoms. The molecule has 0 N–H and O–H groups in total. The van der Waals surface area contributed by atoms with Gasteiger partial charge < -0.3 is 9.32 Å². The second-order valence-corrected chi connectivity index (χ2v) is 7.15. The van der Waals surface area contributed by atoms with Crippen molar-refractivity contribution in [3.63, 3.8) is 0 Å². The van der Waals surface area contributed by atoms with Gasteiger partial charge in [0.05, 0.1) is 13.1 Å². The number of carbonyl (C=O) groups excluding carboxylic acids is 1. The Balaban J connectivity index is 1.37. The highest BCUT2D eigenvalue weighted by Gasteiger charge is 2.20. The van der Waals surface area contributed by atoms with Crippen LogP contribution < -0.4 is 0 Å². The van der Waals surface area contributed by atoms with Gasteiger partial charge in [0.1, 0.15) is 11.5 Å². The number of benzene rings is 1. The van der Waals surface area contributed by atoms with Crippen LogP contribution in [0.2, 0.25) is 0 Å². The van der Waals surface area contributed by atoms with Crippen molar-refractivity contribution in [1.82, 2.24) is 14.7 Å². The lowest BCUT2D eigenvalue weighted by Crippen LogP contribution is -2.49. The van der Waals surface area contributed by atoms with Crippen molar-refractivity contribution < 1.29 is 9.21 Å². The zero-order valence-corrected chi connectivity index (χ0v) is 16.3. The van der Waals surface area contributed by atoms with Gasteiger partial charge in [-0.25, -0.2) is 0 Å². The van der Waals surface area contributed by atoms with Crippen LogP contribution in [0.4, 0.5) is 0 Å². The van der Waals surface area contributed by atoms with Crippen LogP contribution in [0, 0.1) is 6.92 Å². The summed E-state index contributed by atoms with van der Waals surface area (Å²) in [5, 5.41) is 0. The molecule has 0 unspecified atom stereocenters. The molecule has 1 aromatic heterocycles. The van der Waals surface area contributed by atoms with E-state index in [0.29, 0.717) is 13.1 Å². The average molecular weight is 367 g/mol. The minimum absolute atomic E-state index is 0.140. The molecule has 1 aromatic carbocycles. The van der Waals surface area contributed by atoms with Crippen molar-refractivity contribution in [3.8, 4) is 0 Å². The standard InChI is InChI=1S/C22H29N3O2/c1-19-10-11-21(27-19)17-23(2)22(26)18-25-15-13-24(14-16-25)12-6-9-20-7-4-3-5-8-20/h3-11H,12-18H2,1-2H3/b9-6+. The van der Waals surface area contributed by atoms with Gasteiger partial charge in [-0.3, -0.25) is 14.6 Å². The Bertz CT molecular complexity index is 746. The molecule has 1 aliphatic heterocycles. The van der Waals surface area contributed by atoms with Gasteiger partial charge in [-0.15, -0.1) is 0 Å². The molecule has 1 fully saturated rings. The molecule has 0 bridgehead atoms. The third kappa shape index (κ3) is 6.08. The maximum Gasteiger partial charge on any atom is 0.236 e. The number of rotatable bonds is 7. The fourth-order valence-corrected chi connectivity index (χ4v) is 3.24. The zero-order valence-electron chi connectivity index (χ0n) is 16.3. The molecular weight excluding hydrogens is 338 g/mol. The summed E-state index contributed by atoms with van der Waals surface area (Å²) in [4.78, 5) is 18.9. The van der Waals surface area contributed by atoms with E-state index in [1.54, 1.807) is 4.90 Å². The Labute approximate surface area is 161 Å². The fourth-order valence-electron chi connectivity index (χ4n) is 3.24. The SMILES string of the molecule is Cc1ccc(CN(C)C(=O)CN2CCN(C/C=C/c3ccccc3)CC2)o1. The molecule has 3 rings (SSSR count). The lowest BCUT2D eigenvalue weighted by Gasteiger charge is -2.34. The molecule has 0 atom stereocenters. The summed E-state index contributed by atoms with van der Waals surface area (Å²) >= 11 is 0. The summed E-state index contributed by atoms with van der Waals surface area (Å²) in [5.74, 6) is 1.85. The summed E-state index contributed by atoms with van der Waals surface area (Å²) in [6.07, 6.45) is 4.39. The molecule has 2 heterocycles. The van der Waals surface area contributed by atoms with Gasteiger partial charge >= 0.3 is 0 Å². The van der Waals surface area contributed by atoms with Gasteiger partial charge in [-0.1, -0.05) is 42.5 Å². The number of hydrogen-bond acceptors (Lipinski definition) is 4. The first-order valence-corrected chi connectivity index (χ1v) is 9.56. The summed E-state index contributed by atoms with van der Waals surface area (Å²) in [7, 11) is 1.84. The van der Waals surface area contributed by atoms with Crippen molar-refractivity contribution >= 4 is 12.0 Å². The third-order valence-electron chi connectivity index (χ3n) is 4.91. The summed E-state index contributed by atoms with van der Waals surface area (Å²) in [6, 6.07) is 14.2. The molecular formula is C22H29N3O2. The van der Waals surface area contributed by atoms with Crippen LogP contribution in [0.1, 0.15) is 17.1 Å². The molecule has 144 valence electrons. The number of likely N-dealkylation sites (N-methyl/N-ethyl adjacent to an activating group) is 1. The second kappa shape index (κ2) is 9.53. The normalized spacial score (nSPS) is 16.1. The van der Waals surface area contributed by atoms with Crippen molar-refractivity contribution in [3.05, 3.63) is 65.6 Å². The summed E-state index contributed by atoms with van der Waals surface area (Å²) < 4.78 is 5.56. The predicted molar refractivity (Wildman–Crippen MR) is 108 cm³/mol. The molecule has 1 aliphatic rings. The van der Waals surface area contributed by atoms with Gasteiger partial charge in [0.2, 0.25) is 5.91 Å². The first-order valence-electron chi connectivity index (χ1n) is 9.56. The number of nitrogens with zero attached hydrogens (tertiary/aromatic N) is 3. The number of amides is 1. The summed E-state index contributed by atoms with van der Waals surface area (Å²) in [6.45, 7) is 7.72. The van der Waals surface area contributed by atoms with E-state index in [1.165, 1.54) is 5.56 Å². The van der Waals surface area contributed by atoms with Crippen molar-refractivity contribution in [2.75, 3.05) is 46.3 Å². The van der Waals surface area contributed by atoms with Crippen LogP contribution in [0.15, 0.2) is 53.0 Å². The van der Waals surface area contributed by atoms with E-state index in [9.17, 15) is 4.79 Å². The van der Waals surface area contributed by atoms with Crippen LogP contribution in [0.25, 0.3) is 6.08 Å². The Morgan fingerprint density at radius 1 is 1.07 bits per heavy atom. The third-order valence-corrected chi connectivity index (χ3v) is 4.91. The Morgan fingerprint density at radius 3 is 2.44 bits per heavy atom. The topological polar surface area (TPSA) is 39.9 Å². The van der Waals surface area contributed by atoms with Crippen molar-refractivity contribution in [2.45, 2.75) is 13.5 Å². The first-order chi connectivity index (χ1) is 13.1. The van der Waals surface area contributed by atoms with Crippen LogP contribution in [-0.2, 0) is 11.3 Å². The maximum absolute atomic E-state index is 12.5. The molecule has 0 aliphatic carbocycles. The number of hydrogen-bond donors (Lipinski definition) is 0. The van der Waals surface area contributed by atoms with Crippen LogP contribution in [0.3, 0.4) is 0 Å². The lowest BCUT2D eigenvalue weighted by molar-refractivity contribution is -0.132. The van der Waals surface area contributed by atoms with E-state index in [4.69, 9.17) is 4.42 Å². The van der Waals surface area contributed by atoms with E-state index in [2.05, 4.69) is 46.2 Å². The minimum Gasteiger partial charge on any atom is -0.464 e. The fraction of sp³-hybridized carbons (Fsp3) is 0.409. The van der Waals surface area contributed by atoms with E-state index in [1.807, 2.05) is 32.2 Å². The maximum atomic E-state index is 12.5. The molecule has 2 aromatic rings. The molecule has 0 saturated carbocycles. The number of furan rings is 1. The lowest BCUT2D eigenvalue weighted by atomic mass is 10.2. The van der Waals surface area contributed by atoms with Gasteiger partial charge in [0, 0.05) is 39.8 Å². The predicted octanol–water partition coefficient (Wildman–Crippen LogP) is 2.88. The average Bonchev–Trinajstić information content (AvgIpc) is 3.08. The first kappa shape index (κ1) is 19.4. The Hall–Kier alpha value is -2.37. The van der Waals surface area contributed by atoms with E-state index in [-0.39, 0.29) is 5.91 Å². The largest absolute Gasteiger partial charge is 0.464 e. The van der Waals surface area contributed by atoms with Crippen molar-refractivity contribution in [2.24, 2.45) is 0 Å². The molecule has 27 heavy (non-hydrogen) atoms. The molecule has 5 nitrogen and oxygen atoms in total. The van der Waals surface area contributed by atoms with Crippen molar-refractivity contribution in [1.29, 1.82) is 0 Å². The Morgan fingerprint density at radius 2 is 1.78 bits per heavy atom. The van der Waals surface area contributed by atoms with Crippen LogP contribution in [0.5, 0.6) is 0 Å². The molecule has 1 amide bonds. The van der Waals surface area contributed by atoms with E-state index < -0.39 is 0 Å². The number of piperazine rings is 1. The monoisotopic (exact) mass is 367 g/mol. The minimum atomic E-state index is 0.140. The second-order valence-electron chi connectivity index (χ2n) is 7.15. The van der Waals surface area contributed by atoms with E-state index >= 15 is 0 Å². The van der Waals surface area contributed by atoms with E-state index in [0.717, 1.165) is 44.2 Å². The summed E-state index contributed by atoms with van der Waals surface area (Å²) in [5.41, 5.74) is 1.23. The van der Waals surface area contributed by atoms with Gasteiger partial charge in [-0.2, -0.15) is 0 Å². The molecule has 1 saturated heterocycles. The van der Waals surface area contributed by atoms with Crippen LogP contribution in [-0.4, -0.2) is 66.9 Å². The molecule has 0 radical (unpaired) electrons. The van der Waals surface area contributed by atoms with Gasteiger partial charge in [0.25, 0.3) is 0 Å². The van der Waals surface area contributed by atoms with Gasteiger partial charge in [-0.05, 0) is 24.6 Å². The quantitative estimate of drug-likeness (QED) is 0.754. The van der Waals surface area contributed by atoms with Crippen LogP contribution >= 0.6 is 0 Å².